The molecule has 0 saturated carbocycles. The highest BCUT2D eigenvalue weighted by molar-refractivity contribution is 5.86. The molecular weight excluding hydrogens is 347 g/mol. The third kappa shape index (κ3) is 5.34. The quantitative estimate of drug-likeness (QED) is 0.829. The summed E-state index contributed by atoms with van der Waals surface area (Å²) in [6.45, 7) is 5.59. The molecule has 0 aromatic heterocycles. The van der Waals surface area contributed by atoms with E-state index in [4.69, 9.17) is 0 Å². The fourth-order valence-electron chi connectivity index (χ4n) is 3.82. The SMILES string of the molecule is C[C@H](NC(=O)NC[C@H]1CCN(c2ccc(F)cc2)C1)C(=O)N1CCCCC1. The van der Waals surface area contributed by atoms with E-state index >= 15 is 0 Å². The number of carbonyl (C=O) groups is 2. The first kappa shape index (κ1) is 19.5. The zero-order chi connectivity index (χ0) is 19.2. The number of nitrogens with one attached hydrogen (secondary N) is 2. The van der Waals surface area contributed by atoms with Crippen molar-refractivity contribution in [3.63, 3.8) is 0 Å². The maximum atomic E-state index is 13.0. The molecule has 1 aromatic carbocycles. The number of hydrogen-bond acceptors (Lipinski definition) is 3. The Kier molecular flexibility index (Phi) is 6.53. The summed E-state index contributed by atoms with van der Waals surface area (Å²) in [5, 5.41) is 5.64. The Morgan fingerprint density at radius 1 is 1.15 bits per heavy atom. The second kappa shape index (κ2) is 9.06. The molecule has 0 radical (unpaired) electrons. The number of likely N-dealkylation sites (tertiary alicyclic amines) is 1. The molecule has 2 saturated heterocycles. The van der Waals surface area contributed by atoms with Crippen LogP contribution in [0.1, 0.15) is 32.6 Å². The minimum absolute atomic E-state index is 0.00630. The Balaban J connectivity index is 1.39. The number of hydrogen-bond donors (Lipinski definition) is 2. The van der Waals surface area contributed by atoms with Crippen molar-refractivity contribution in [2.45, 2.75) is 38.6 Å². The topological polar surface area (TPSA) is 64.7 Å². The number of amides is 3. The molecule has 0 spiro atoms. The van der Waals surface area contributed by atoms with Crippen molar-refractivity contribution in [1.82, 2.24) is 15.5 Å². The predicted octanol–water partition coefficient (Wildman–Crippen LogP) is 2.35. The smallest absolute Gasteiger partial charge is 0.315 e. The van der Waals surface area contributed by atoms with Crippen LogP contribution in [0.15, 0.2) is 24.3 Å². The predicted molar refractivity (Wildman–Crippen MR) is 103 cm³/mol. The molecular formula is C20H29FN4O2. The van der Waals surface area contributed by atoms with Gasteiger partial charge in [0.25, 0.3) is 0 Å². The molecule has 3 amide bonds. The van der Waals surface area contributed by atoms with E-state index < -0.39 is 6.04 Å². The summed E-state index contributed by atoms with van der Waals surface area (Å²) < 4.78 is 13.0. The van der Waals surface area contributed by atoms with Gasteiger partial charge in [0.05, 0.1) is 0 Å². The Morgan fingerprint density at radius 2 is 1.85 bits per heavy atom. The lowest BCUT2D eigenvalue weighted by Crippen LogP contribution is -2.51. The molecule has 2 aliphatic heterocycles. The highest BCUT2D eigenvalue weighted by Crippen LogP contribution is 2.23. The van der Waals surface area contributed by atoms with Crippen molar-refractivity contribution in [2.24, 2.45) is 5.92 Å². The van der Waals surface area contributed by atoms with Gasteiger partial charge in [-0.25, -0.2) is 9.18 Å². The lowest BCUT2D eigenvalue weighted by Gasteiger charge is -2.29. The van der Waals surface area contributed by atoms with Crippen molar-refractivity contribution in [2.75, 3.05) is 37.6 Å². The standard InChI is InChI=1S/C20H29FN4O2/c1-15(19(26)24-10-3-2-4-11-24)23-20(27)22-13-16-9-12-25(14-16)18-7-5-17(21)6-8-18/h5-8,15-16H,2-4,9-14H2,1H3,(H2,22,23,27)/t15-,16+/m0/s1. The first-order valence-electron chi connectivity index (χ1n) is 9.86. The molecule has 2 N–H and O–H groups in total. The third-order valence-electron chi connectivity index (χ3n) is 5.41. The monoisotopic (exact) mass is 376 g/mol. The minimum Gasteiger partial charge on any atom is -0.371 e. The fourth-order valence-corrected chi connectivity index (χ4v) is 3.82. The van der Waals surface area contributed by atoms with Gasteiger partial charge in [-0.05, 0) is 62.8 Å². The zero-order valence-electron chi connectivity index (χ0n) is 15.9. The highest BCUT2D eigenvalue weighted by Gasteiger charge is 2.25. The second-order valence-electron chi connectivity index (χ2n) is 7.54. The van der Waals surface area contributed by atoms with Crippen molar-refractivity contribution in [1.29, 1.82) is 0 Å². The Morgan fingerprint density at radius 3 is 2.56 bits per heavy atom. The van der Waals surface area contributed by atoms with Crippen LogP contribution < -0.4 is 15.5 Å². The van der Waals surface area contributed by atoms with Gasteiger partial charge in [-0.3, -0.25) is 4.79 Å². The van der Waals surface area contributed by atoms with Crippen LogP contribution in [-0.4, -0.2) is 55.6 Å². The summed E-state index contributed by atoms with van der Waals surface area (Å²) in [5.41, 5.74) is 1.00. The third-order valence-corrected chi connectivity index (χ3v) is 5.41. The normalized spacial score (nSPS) is 21.0. The summed E-state index contributed by atoms with van der Waals surface area (Å²) in [5.74, 6) is 0.100. The lowest BCUT2D eigenvalue weighted by atomic mass is 10.1. The molecule has 0 unspecified atom stereocenters. The number of halogens is 1. The van der Waals surface area contributed by atoms with Crippen LogP contribution >= 0.6 is 0 Å². The molecule has 6 nitrogen and oxygen atoms in total. The van der Waals surface area contributed by atoms with Crippen LogP contribution in [0.2, 0.25) is 0 Å². The van der Waals surface area contributed by atoms with E-state index in [1.54, 1.807) is 19.1 Å². The van der Waals surface area contributed by atoms with Crippen molar-refractivity contribution in [3.05, 3.63) is 30.1 Å². The van der Waals surface area contributed by atoms with Gasteiger partial charge in [-0.2, -0.15) is 0 Å². The Hall–Kier alpha value is -2.31. The van der Waals surface area contributed by atoms with Gasteiger partial charge in [0.2, 0.25) is 5.91 Å². The van der Waals surface area contributed by atoms with Crippen LogP contribution in [0, 0.1) is 11.7 Å². The van der Waals surface area contributed by atoms with Gasteiger partial charge in [0, 0.05) is 38.4 Å². The average molecular weight is 376 g/mol. The molecule has 27 heavy (non-hydrogen) atoms. The van der Waals surface area contributed by atoms with Crippen molar-refractivity contribution < 1.29 is 14.0 Å². The molecule has 2 atom stereocenters. The van der Waals surface area contributed by atoms with E-state index in [2.05, 4.69) is 15.5 Å². The summed E-state index contributed by atoms with van der Waals surface area (Å²) in [6, 6.07) is 5.69. The molecule has 2 aliphatic rings. The summed E-state index contributed by atoms with van der Waals surface area (Å²) in [6.07, 6.45) is 4.22. The van der Waals surface area contributed by atoms with E-state index in [1.165, 1.54) is 18.6 Å². The van der Waals surface area contributed by atoms with Gasteiger partial charge in [0.15, 0.2) is 0 Å². The summed E-state index contributed by atoms with van der Waals surface area (Å²) >= 11 is 0. The Bertz CT molecular complexity index is 646. The molecule has 3 rings (SSSR count). The van der Waals surface area contributed by atoms with Crippen LogP contribution in [0.25, 0.3) is 0 Å². The zero-order valence-corrected chi connectivity index (χ0v) is 15.9. The molecule has 2 heterocycles. The lowest BCUT2D eigenvalue weighted by molar-refractivity contribution is -0.133. The number of urea groups is 1. The van der Waals surface area contributed by atoms with Crippen LogP contribution in [0.4, 0.5) is 14.9 Å². The molecule has 0 bridgehead atoms. The average Bonchev–Trinajstić information content (AvgIpc) is 3.16. The molecule has 7 heteroatoms. The van der Waals surface area contributed by atoms with Crippen molar-refractivity contribution >= 4 is 17.6 Å². The second-order valence-corrected chi connectivity index (χ2v) is 7.54. The van der Waals surface area contributed by atoms with E-state index in [-0.39, 0.29) is 17.8 Å². The fraction of sp³-hybridized carbons (Fsp3) is 0.600. The maximum Gasteiger partial charge on any atom is 0.315 e. The summed E-state index contributed by atoms with van der Waals surface area (Å²) in [7, 11) is 0. The molecule has 2 fully saturated rings. The maximum absolute atomic E-state index is 13.0. The number of benzene rings is 1. The van der Waals surface area contributed by atoms with Gasteiger partial charge in [-0.1, -0.05) is 0 Å². The number of piperidine rings is 1. The largest absolute Gasteiger partial charge is 0.371 e. The van der Waals surface area contributed by atoms with Gasteiger partial charge < -0.3 is 20.4 Å². The molecule has 1 aromatic rings. The van der Waals surface area contributed by atoms with Gasteiger partial charge >= 0.3 is 6.03 Å². The first-order chi connectivity index (χ1) is 13.0. The first-order valence-corrected chi connectivity index (χ1v) is 9.86. The Labute approximate surface area is 160 Å². The van der Waals surface area contributed by atoms with Crippen LogP contribution in [-0.2, 0) is 4.79 Å². The van der Waals surface area contributed by atoms with Crippen LogP contribution in [0.3, 0.4) is 0 Å². The number of carbonyl (C=O) groups excluding carboxylic acids is 2. The number of rotatable bonds is 5. The van der Waals surface area contributed by atoms with Gasteiger partial charge in [-0.15, -0.1) is 0 Å². The molecule has 148 valence electrons. The van der Waals surface area contributed by atoms with E-state index in [0.29, 0.717) is 12.5 Å². The molecule has 0 aliphatic carbocycles. The summed E-state index contributed by atoms with van der Waals surface area (Å²) in [4.78, 5) is 28.5. The van der Waals surface area contributed by atoms with Gasteiger partial charge in [0.1, 0.15) is 11.9 Å². The minimum atomic E-state index is -0.512. The van der Waals surface area contributed by atoms with E-state index in [0.717, 1.165) is 51.1 Å². The van der Waals surface area contributed by atoms with Crippen LogP contribution in [0.5, 0.6) is 0 Å². The van der Waals surface area contributed by atoms with Crippen molar-refractivity contribution in [3.8, 4) is 0 Å². The number of nitrogens with zero attached hydrogens (tertiary/aromatic N) is 2. The highest BCUT2D eigenvalue weighted by atomic mass is 19.1. The van der Waals surface area contributed by atoms with E-state index in [1.807, 2.05) is 4.90 Å². The number of anilines is 1. The van der Waals surface area contributed by atoms with E-state index in [9.17, 15) is 14.0 Å².